The van der Waals surface area contributed by atoms with Crippen LogP contribution < -0.4 is 5.32 Å². The second-order valence-electron chi connectivity index (χ2n) is 3.48. The zero-order valence-corrected chi connectivity index (χ0v) is 10.1. The highest BCUT2D eigenvalue weighted by atomic mass is 32.1. The lowest BCUT2D eigenvalue weighted by atomic mass is 10.2. The molecule has 0 atom stereocenters. The number of carbonyl (C=O) groups is 1. The minimum Gasteiger partial charge on any atom is -0.477 e. The van der Waals surface area contributed by atoms with Gasteiger partial charge in [-0.05, 0) is 31.5 Å². The van der Waals surface area contributed by atoms with Gasteiger partial charge in [-0.2, -0.15) is 0 Å². The minimum absolute atomic E-state index is 0.401. The maximum atomic E-state index is 10.7. The molecule has 0 aromatic carbocycles. The van der Waals surface area contributed by atoms with E-state index in [9.17, 15) is 4.79 Å². The Labute approximate surface area is 99.5 Å². The summed E-state index contributed by atoms with van der Waals surface area (Å²) in [5.74, 6) is 1.73. The summed E-state index contributed by atoms with van der Waals surface area (Å²) in [6, 6.07) is 1.73. The zero-order chi connectivity index (χ0) is 12.0. The Bertz CT molecular complexity index is 404. The average molecular weight is 237 g/mol. The van der Waals surface area contributed by atoms with Gasteiger partial charge < -0.3 is 10.4 Å². The van der Waals surface area contributed by atoms with Crippen molar-refractivity contribution in [3.05, 3.63) is 21.4 Å². The van der Waals surface area contributed by atoms with Gasteiger partial charge in [-0.3, -0.25) is 0 Å². The van der Waals surface area contributed by atoms with Gasteiger partial charge in [0.25, 0.3) is 0 Å². The fourth-order valence-electron chi connectivity index (χ4n) is 1.34. The number of aromatic carboxylic acids is 1. The first-order chi connectivity index (χ1) is 7.65. The molecule has 1 heterocycles. The molecule has 0 fully saturated rings. The van der Waals surface area contributed by atoms with E-state index in [2.05, 4.69) is 11.2 Å². The van der Waals surface area contributed by atoms with E-state index in [-0.39, 0.29) is 0 Å². The van der Waals surface area contributed by atoms with Crippen molar-refractivity contribution >= 4 is 17.3 Å². The molecule has 4 heteroatoms. The summed E-state index contributed by atoms with van der Waals surface area (Å²) in [4.78, 5) is 12.2. The molecule has 0 saturated heterocycles. The van der Waals surface area contributed by atoms with Gasteiger partial charge in [-0.25, -0.2) is 4.79 Å². The fraction of sp³-hybridized carbons (Fsp3) is 0.417. The van der Waals surface area contributed by atoms with Crippen LogP contribution in [0.15, 0.2) is 6.07 Å². The Morgan fingerprint density at radius 2 is 2.44 bits per heavy atom. The van der Waals surface area contributed by atoms with Crippen molar-refractivity contribution in [2.75, 3.05) is 6.54 Å². The van der Waals surface area contributed by atoms with E-state index in [1.807, 2.05) is 6.92 Å². The minimum atomic E-state index is -0.855. The average Bonchev–Trinajstić information content (AvgIpc) is 2.60. The quantitative estimate of drug-likeness (QED) is 0.589. The number of rotatable bonds is 6. The monoisotopic (exact) mass is 237 g/mol. The number of unbranched alkanes of at least 4 members (excludes halogenated alkanes) is 1. The van der Waals surface area contributed by atoms with Crippen LogP contribution in [0.2, 0.25) is 0 Å². The predicted molar refractivity (Wildman–Crippen MR) is 65.8 cm³/mol. The molecule has 0 aliphatic rings. The number of terminal acetylenes is 1. The molecule has 2 N–H and O–H groups in total. The van der Waals surface area contributed by atoms with Crippen molar-refractivity contribution in [1.82, 2.24) is 5.32 Å². The van der Waals surface area contributed by atoms with E-state index in [1.165, 1.54) is 11.3 Å². The number of carboxylic acids is 1. The molecule has 1 rings (SSSR count). The van der Waals surface area contributed by atoms with Crippen molar-refractivity contribution in [2.45, 2.75) is 26.3 Å². The molecular formula is C12H15NO2S. The molecule has 0 bridgehead atoms. The van der Waals surface area contributed by atoms with E-state index in [0.717, 1.165) is 29.8 Å². The van der Waals surface area contributed by atoms with Gasteiger partial charge in [0.1, 0.15) is 4.88 Å². The molecule has 3 nitrogen and oxygen atoms in total. The molecule has 86 valence electrons. The maximum absolute atomic E-state index is 10.7. The van der Waals surface area contributed by atoms with Crippen LogP contribution >= 0.6 is 11.3 Å². The highest BCUT2D eigenvalue weighted by molar-refractivity contribution is 7.14. The number of hydrogen-bond acceptors (Lipinski definition) is 3. The fourth-order valence-corrected chi connectivity index (χ4v) is 2.22. The van der Waals surface area contributed by atoms with E-state index < -0.39 is 5.97 Å². The van der Waals surface area contributed by atoms with Gasteiger partial charge in [0.2, 0.25) is 0 Å². The molecule has 1 aromatic heterocycles. The molecule has 0 spiro atoms. The van der Waals surface area contributed by atoms with Gasteiger partial charge in [-0.1, -0.05) is 0 Å². The summed E-state index contributed by atoms with van der Waals surface area (Å²) >= 11 is 1.32. The van der Waals surface area contributed by atoms with Gasteiger partial charge in [0, 0.05) is 17.8 Å². The third-order valence-corrected chi connectivity index (χ3v) is 3.30. The highest BCUT2D eigenvalue weighted by Crippen LogP contribution is 2.21. The topological polar surface area (TPSA) is 49.3 Å². The first kappa shape index (κ1) is 12.8. The summed E-state index contributed by atoms with van der Waals surface area (Å²) in [7, 11) is 0. The van der Waals surface area contributed by atoms with Crippen LogP contribution in [0.4, 0.5) is 0 Å². The van der Waals surface area contributed by atoms with Crippen LogP contribution in [-0.2, 0) is 6.54 Å². The Kier molecular flexibility index (Phi) is 5.03. The number of thiophene rings is 1. The lowest BCUT2D eigenvalue weighted by Gasteiger charge is -2.02. The lowest BCUT2D eigenvalue weighted by Crippen LogP contribution is -2.14. The summed E-state index contributed by atoms with van der Waals surface area (Å²) in [6.45, 7) is 3.51. The largest absolute Gasteiger partial charge is 0.477 e. The predicted octanol–water partition coefficient (Wildman–Crippen LogP) is 2.26. The molecule has 0 unspecified atom stereocenters. The van der Waals surface area contributed by atoms with Crippen LogP contribution in [0.3, 0.4) is 0 Å². The number of aryl methyl sites for hydroxylation is 1. The molecular weight excluding hydrogens is 222 g/mol. The second kappa shape index (κ2) is 6.31. The number of carboxylic acid groups (broad SMARTS) is 1. The molecule has 16 heavy (non-hydrogen) atoms. The molecule has 0 radical (unpaired) electrons. The summed E-state index contributed by atoms with van der Waals surface area (Å²) < 4.78 is 0. The van der Waals surface area contributed by atoms with Crippen molar-refractivity contribution in [2.24, 2.45) is 0 Å². The van der Waals surface area contributed by atoms with Gasteiger partial charge in [-0.15, -0.1) is 23.7 Å². The summed E-state index contributed by atoms with van der Waals surface area (Å²) in [5.41, 5.74) is 1.06. The lowest BCUT2D eigenvalue weighted by molar-refractivity contribution is 0.0702. The molecule has 0 amide bonds. The highest BCUT2D eigenvalue weighted by Gasteiger charge is 2.10. The van der Waals surface area contributed by atoms with Crippen molar-refractivity contribution in [3.63, 3.8) is 0 Å². The van der Waals surface area contributed by atoms with E-state index >= 15 is 0 Å². The Balaban J connectivity index is 2.42. The SMILES string of the molecule is C#CCCCNCc1cc(C(=O)O)sc1C. The maximum Gasteiger partial charge on any atom is 0.345 e. The zero-order valence-electron chi connectivity index (χ0n) is 9.25. The van der Waals surface area contributed by atoms with Crippen molar-refractivity contribution in [1.29, 1.82) is 0 Å². The number of hydrogen-bond donors (Lipinski definition) is 2. The third-order valence-electron chi connectivity index (χ3n) is 2.22. The van der Waals surface area contributed by atoms with Gasteiger partial charge in [0.05, 0.1) is 0 Å². The normalized spacial score (nSPS) is 10.0. The Morgan fingerprint density at radius 3 is 3.00 bits per heavy atom. The van der Waals surface area contributed by atoms with Crippen molar-refractivity contribution in [3.8, 4) is 12.3 Å². The van der Waals surface area contributed by atoms with Gasteiger partial charge >= 0.3 is 5.97 Å². The molecule has 0 aliphatic heterocycles. The second-order valence-corrected chi connectivity index (χ2v) is 4.74. The van der Waals surface area contributed by atoms with E-state index in [0.29, 0.717) is 11.4 Å². The summed E-state index contributed by atoms with van der Waals surface area (Å²) in [5, 5.41) is 12.1. The molecule has 0 aliphatic carbocycles. The van der Waals surface area contributed by atoms with Crippen LogP contribution in [0, 0.1) is 19.3 Å². The molecule has 0 saturated carbocycles. The van der Waals surface area contributed by atoms with Gasteiger partial charge in [0.15, 0.2) is 0 Å². The summed E-state index contributed by atoms with van der Waals surface area (Å²) in [6.07, 6.45) is 6.86. The van der Waals surface area contributed by atoms with Crippen LogP contribution in [0.25, 0.3) is 0 Å². The van der Waals surface area contributed by atoms with E-state index in [4.69, 9.17) is 11.5 Å². The standard InChI is InChI=1S/C12H15NO2S/c1-3-4-5-6-13-8-10-7-11(12(14)15)16-9(10)2/h1,7,13H,4-6,8H2,2H3,(H,14,15). The first-order valence-electron chi connectivity index (χ1n) is 5.12. The van der Waals surface area contributed by atoms with Crippen LogP contribution in [0.5, 0.6) is 0 Å². The Hall–Kier alpha value is -1.31. The number of nitrogens with one attached hydrogen (secondary N) is 1. The molecule has 1 aromatic rings. The first-order valence-corrected chi connectivity index (χ1v) is 5.93. The van der Waals surface area contributed by atoms with E-state index in [1.54, 1.807) is 6.07 Å². The smallest absolute Gasteiger partial charge is 0.345 e. The van der Waals surface area contributed by atoms with Crippen LogP contribution in [0.1, 0.15) is 33.0 Å². The van der Waals surface area contributed by atoms with Crippen LogP contribution in [-0.4, -0.2) is 17.6 Å². The van der Waals surface area contributed by atoms with Crippen molar-refractivity contribution < 1.29 is 9.90 Å². The Morgan fingerprint density at radius 1 is 1.69 bits per heavy atom. The third kappa shape index (κ3) is 3.69.